The van der Waals surface area contributed by atoms with Gasteiger partial charge in [-0.1, -0.05) is 25.6 Å². The zero-order valence-corrected chi connectivity index (χ0v) is 17.0. The topological polar surface area (TPSA) is 71.3 Å². The number of fused-ring (bicyclic) bond motifs is 1. The molecule has 0 aliphatic carbocycles. The maximum atomic E-state index is 12.7. The molecule has 2 aromatic rings. The van der Waals surface area contributed by atoms with Gasteiger partial charge in [-0.25, -0.2) is 9.97 Å². The minimum Gasteiger partial charge on any atom is -0.339 e. The highest BCUT2D eigenvalue weighted by atomic mass is 32.2. The summed E-state index contributed by atoms with van der Waals surface area (Å²) in [6.45, 7) is 11.3. The SMILES string of the molecule is CCn1c(=O)c(SCC(=O)N2CCN(CC(C)C)CC2)nc2cccnc21. The Morgan fingerprint density at radius 1 is 1.26 bits per heavy atom. The Morgan fingerprint density at radius 3 is 2.67 bits per heavy atom. The molecule has 7 nitrogen and oxygen atoms in total. The number of carbonyl (C=O) groups is 1. The molecule has 8 heteroatoms. The second kappa shape index (κ2) is 8.84. The number of carbonyl (C=O) groups excluding carboxylic acids is 1. The lowest BCUT2D eigenvalue weighted by Gasteiger charge is -2.35. The van der Waals surface area contributed by atoms with Crippen LogP contribution in [0.15, 0.2) is 28.2 Å². The Morgan fingerprint density at radius 2 is 2.00 bits per heavy atom. The van der Waals surface area contributed by atoms with Crippen molar-refractivity contribution in [2.24, 2.45) is 5.92 Å². The van der Waals surface area contributed by atoms with Crippen LogP contribution < -0.4 is 5.56 Å². The highest BCUT2D eigenvalue weighted by Gasteiger charge is 2.22. The summed E-state index contributed by atoms with van der Waals surface area (Å²) in [5, 5.41) is 0.365. The predicted molar refractivity (Wildman–Crippen MR) is 108 cm³/mol. The van der Waals surface area contributed by atoms with Crippen molar-refractivity contribution in [2.45, 2.75) is 32.3 Å². The monoisotopic (exact) mass is 389 g/mol. The van der Waals surface area contributed by atoms with Crippen LogP contribution in [0, 0.1) is 5.92 Å². The molecule has 0 spiro atoms. The Hall–Kier alpha value is -1.93. The Bertz CT molecular complexity index is 859. The van der Waals surface area contributed by atoms with Gasteiger partial charge in [0.25, 0.3) is 5.56 Å². The summed E-state index contributed by atoms with van der Waals surface area (Å²) in [7, 11) is 0. The van der Waals surface area contributed by atoms with E-state index in [1.807, 2.05) is 17.9 Å². The third kappa shape index (κ3) is 4.68. The highest BCUT2D eigenvalue weighted by molar-refractivity contribution is 7.99. The Balaban J connectivity index is 1.64. The summed E-state index contributed by atoms with van der Waals surface area (Å²) < 4.78 is 1.61. The van der Waals surface area contributed by atoms with Crippen LogP contribution in [0.25, 0.3) is 11.2 Å². The second-order valence-electron chi connectivity index (χ2n) is 7.18. The lowest BCUT2D eigenvalue weighted by atomic mass is 10.2. The number of thioether (sulfide) groups is 1. The zero-order valence-electron chi connectivity index (χ0n) is 16.2. The molecule has 0 saturated carbocycles. The molecule has 2 aromatic heterocycles. The molecule has 1 amide bonds. The van der Waals surface area contributed by atoms with E-state index >= 15 is 0 Å². The molecule has 1 aliphatic rings. The Kier molecular flexibility index (Phi) is 6.49. The van der Waals surface area contributed by atoms with Gasteiger partial charge in [0.05, 0.1) is 5.75 Å². The van der Waals surface area contributed by atoms with Crippen LogP contribution >= 0.6 is 11.8 Å². The van der Waals surface area contributed by atoms with Crippen molar-refractivity contribution in [1.29, 1.82) is 0 Å². The van der Waals surface area contributed by atoms with E-state index in [4.69, 9.17) is 0 Å². The third-order valence-electron chi connectivity index (χ3n) is 4.67. The lowest BCUT2D eigenvalue weighted by Crippen LogP contribution is -2.50. The van der Waals surface area contributed by atoms with Gasteiger partial charge in [0.1, 0.15) is 5.52 Å². The molecule has 1 aliphatic heterocycles. The van der Waals surface area contributed by atoms with E-state index in [9.17, 15) is 9.59 Å². The van der Waals surface area contributed by atoms with Crippen LogP contribution in [-0.2, 0) is 11.3 Å². The van der Waals surface area contributed by atoms with E-state index in [-0.39, 0.29) is 17.2 Å². The average Bonchev–Trinajstić information content (AvgIpc) is 2.66. The first kappa shape index (κ1) is 19.8. The number of hydrogen-bond acceptors (Lipinski definition) is 6. The number of aryl methyl sites for hydroxylation is 1. The number of nitrogens with zero attached hydrogens (tertiary/aromatic N) is 5. The third-order valence-corrected chi connectivity index (χ3v) is 5.60. The van der Waals surface area contributed by atoms with Gasteiger partial charge in [0.2, 0.25) is 5.91 Å². The summed E-state index contributed by atoms with van der Waals surface area (Å²) >= 11 is 1.23. The predicted octanol–water partition coefficient (Wildman–Crippen LogP) is 1.70. The lowest BCUT2D eigenvalue weighted by molar-refractivity contribution is -0.130. The van der Waals surface area contributed by atoms with E-state index in [2.05, 4.69) is 28.7 Å². The van der Waals surface area contributed by atoms with E-state index in [0.717, 1.165) is 32.7 Å². The molecule has 0 unspecified atom stereocenters. The Labute approximate surface area is 163 Å². The van der Waals surface area contributed by atoms with E-state index < -0.39 is 0 Å². The standard InChI is InChI=1S/C19H27N5O2S/c1-4-24-17-15(6-5-7-20-17)21-18(19(24)26)27-13-16(25)23-10-8-22(9-11-23)12-14(2)3/h5-7,14H,4,8-13H2,1-3H3. The molecule has 0 radical (unpaired) electrons. The minimum atomic E-state index is -0.178. The van der Waals surface area contributed by atoms with Crippen LogP contribution in [0.1, 0.15) is 20.8 Å². The summed E-state index contributed by atoms with van der Waals surface area (Å²) in [5.74, 6) is 0.943. The quantitative estimate of drug-likeness (QED) is 0.701. The molecule has 146 valence electrons. The van der Waals surface area contributed by atoms with E-state index in [0.29, 0.717) is 28.7 Å². The fourth-order valence-electron chi connectivity index (χ4n) is 3.36. The molecule has 3 rings (SSSR count). The summed E-state index contributed by atoms with van der Waals surface area (Å²) in [6, 6.07) is 3.64. The maximum Gasteiger partial charge on any atom is 0.284 e. The molecule has 0 bridgehead atoms. The van der Waals surface area contributed by atoms with Crippen LogP contribution in [0.5, 0.6) is 0 Å². The van der Waals surface area contributed by atoms with Crippen molar-refractivity contribution < 1.29 is 4.79 Å². The van der Waals surface area contributed by atoms with Crippen molar-refractivity contribution in [1.82, 2.24) is 24.3 Å². The summed E-state index contributed by atoms with van der Waals surface area (Å²) in [4.78, 5) is 38.2. The summed E-state index contributed by atoms with van der Waals surface area (Å²) in [5.41, 5.74) is 1.08. The second-order valence-corrected chi connectivity index (χ2v) is 8.14. The fraction of sp³-hybridized carbons (Fsp3) is 0.579. The van der Waals surface area contributed by atoms with Crippen LogP contribution in [0.3, 0.4) is 0 Å². The smallest absolute Gasteiger partial charge is 0.284 e. The molecule has 1 fully saturated rings. The molecule has 0 N–H and O–H groups in total. The van der Waals surface area contributed by atoms with Gasteiger partial charge < -0.3 is 4.90 Å². The number of pyridine rings is 1. The maximum absolute atomic E-state index is 12.7. The molecule has 3 heterocycles. The van der Waals surface area contributed by atoms with Gasteiger partial charge in [0, 0.05) is 45.5 Å². The van der Waals surface area contributed by atoms with Crippen molar-refractivity contribution in [3.8, 4) is 0 Å². The number of rotatable bonds is 6. The average molecular weight is 390 g/mol. The van der Waals surface area contributed by atoms with Gasteiger partial charge >= 0.3 is 0 Å². The first-order valence-corrected chi connectivity index (χ1v) is 10.5. The molecular formula is C19H27N5O2S. The molecular weight excluding hydrogens is 362 g/mol. The molecule has 1 saturated heterocycles. The van der Waals surface area contributed by atoms with Gasteiger partial charge in [-0.2, -0.15) is 0 Å². The first-order valence-electron chi connectivity index (χ1n) is 9.48. The zero-order chi connectivity index (χ0) is 19.4. The number of amides is 1. The molecule has 27 heavy (non-hydrogen) atoms. The fourth-order valence-corrected chi connectivity index (χ4v) is 4.20. The van der Waals surface area contributed by atoms with Crippen molar-refractivity contribution in [2.75, 3.05) is 38.5 Å². The van der Waals surface area contributed by atoms with Crippen LogP contribution in [-0.4, -0.2) is 68.7 Å². The first-order chi connectivity index (χ1) is 13.0. The van der Waals surface area contributed by atoms with Crippen LogP contribution in [0.4, 0.5) is 0 Å². The highest BCUT2D eigenvalue weighted by Crippen LogP contribution is 2.16. The van der Waals surface area contributed by atoms with Crippen molar-refractivity contribution in [3.05, 3.63) is 28.7 Å². The minimum absolute atomic E-state index is 0.0692. The normalized spacial score (nSPS) is 15.6. The van der Waals surface area contributed by atoms with Gasteiger partial charge in [0.15, 0.2) is 10.7 Å². The van der Waals surface area contributed by atoms with Crippen LogP contribution in [0.2, 0.25) is 0 Å². The number of hydrogen-bond donors (Lipinski definition) is 0. The van der Waals surface area contributed by atoms with Gasteiger partial charge in [-0.05, 0) is 25.0 Å². The van der Waals surface area contributed by atoms with Crippen molar-refractivity contribution in [3.63, 3.8) is 0 Å². The van der Waals surface area contributed by atoms with Gasteiger partial charge in [-0.15, -0.1) is 0 Å². The van der Waals surface area contributed by atoms with E-state index in [1.165, 1.54) is 11.8 Å². The number of aromatic nitrogens is 3. The molecule has 0 aromatic carbocycles. The van der Waals surface area contributed by atoms with Gasteiger partial charge in [-0.3, -0.25) is 19.1 Å². The van der Waals surface area contributed by atoms with E-state index in [1.54, 1.807) is 16.8 Å². The molecule has 0 atom stereocenters. The summed E-state index contributed by atoms with van der Waals surface area (Å²) in [6.07, 6.45) is 1.66. The largest absolute Gasteiger partial charge is 0.339 e. The van der Waals surface area contributed by atoms with Crippen molar-refractivity contribution >= 4 is 28.8 Å². The number of piperazine rings is 1.